The van der Waals surface area contributed by atoms with Crippen molar-refractivity contribution in [2.75, 3.05) is 20.0 Å². The van der Waals surface area contributed by atoms with E-state index in [0.717, 1.165) is 0 Å². The van der Waals surface area contributed by atoms with Crippen LogP contribution in [0.4, 0.5) is 0 Å². The van der Waals surface area contributed by atoms with E-state index in [0.29, 0.717) is 5.75 Å². The van der Waals surface area contributed by atoms with Crippen LogP contribution in [0.2, 0.25) is 0 Å². The van der Waals surface area contributed by atoms with Crippen LogP contribution < -0.4 is 4.74 Å². The highest BCUT2D eigenvalue weighted by Crippen LogP contribution is 2.32. The van der Waals surface area contributed by atoms with Gasteiger partial charge in [-0.25, -0.2) is 8.42 Å². The van der Waals surface area contributed by atoms with Crippen LogP contribution in [0.1, 0.15) is 16.8 Å². The highest BCUT2D eigenvalue weighted by atomic mass is 32.2. The molecule has 1 aliphatic heterocycles. The van der Waals surface area contributed by atoms with Crippen LogP contribution in [0.5, 0.6) is 5.75 Å². The van der Waals surface area contributed by atoms with Crippen molar-refractivity contribution in [2.24, 2.45) is 0 Å². The minimum absolute atomic E-state index is 0.0467. The average Bonchev–Trinajstić information content (AvgIpc) is 2.97. The van der Waals surface area contributed by atoms with E-state index in [2.05, 4.69) is 0 Å². The molecule has 1 aromatic rings. The lowest BCUT2D eigenvalue weighted by atomic mass is 10.1. The van der Waals surface area contributed by atoms with Crippen molar-refractivity contribution >= 4 is 15.6 Å². The molecule has 0 spiro atoms. The molecule has 0 radical (unpaired) electrons. The van der Waals surface area contributed by atoms with Crippen molar-refractivity contribution in [3.05, 3.63) is 42.2 Å². The predicted molar refractivity (Wildman–Crippen MR) is 75.7 cm³/mol. The van der Waals surface area contributed by atoms with Gasteiger partial charge in [0.15, 0.2) is 5.78 Å². The molecule has 1 aliphatic rings. The van der Waals surface area contributed by atoms with Crippen LogP contribution in [0.3, 0.4) is 0 Å². The van der Waals surface area contributed by atoms with E-state index in [9.17, 15) is 13.2 Å². The maximum atomic E-state index is 12.4. The fraction of sp³-hybridized carbons (Fsp3) is 0.357. The van der Waals surface area contributed by atoms with Crippen molar-refractivity contribution in [3.8, 4) is 5.75 Å². The SMILES string of the molecule is COc1ccccc1C(=O)CS(=O)(=O)C1(OC)CC=CO1. The molecule has 1 unspecified atom stereocenters. The molecule has 7 heteroatoms. The van der Waals surface area contributed by atoms with E-state index in [4.69, 9.17) is 14.2 Å². The van der Waals surface area contributed by atoms with Gasteiger partial charge in [0.1, 0.15) is 11.5 Å². The highest BCUT2D eigenvalue weighted by molar-refractivity contribution is 7.93. The largest absolute Gasteiger partial charge is 0.496 e. The molecule has 0 saturated heterocycles. The van der Waals surface area contributed by atoms with Crippen LogP contribution in [-0.4, -0.2) is 39.3 Å². The number of carbonyl (C=O) groups is 1. The maximum Gasteiger partial charge on any atom is 0.317 e. The van der Waals surface area contributed by atoms with Crippen LogP contribution in [0, 0.1) is 0 Å². The molecule has 114 valence electrons. The summed E-state index contributed by atoms with van der Waals surface area (Å²) in [6.45, 7) is 0. The van der Waals surface area contributed by atoms with Crippen LogP contribution in [0.25, 0.3) is 0 Å². The molecule has 1 aromatic carbocycles. The fourth-order valence-electron chi connectivity index (χ4n) is 2.09. The van der Waals surface area contributed by atoms with Gasteiger partial charge in [-0.1, -0.05) is 12.1 Å². The second-order valence-corrected chi connectivity index (χ2v) is 6.60. The molecule has 6 nitrogen and oxygen atoms in total. The molecule has 0 saturated carbocycles. The van der Waals surface area contributed by atoms with Gasteiger partial charge in [-0.05, 0) is 18.2 Å². The standard InChI is InChI=1S/C14H16O6S/c1-18-13-7-4-3-6-11(13)12(15)10-21(16,17)14(19-2)8-5-9-20-14/h3-7,9H,8,10H2,1-2H3. The molecule has 0 fully saturated rings. The third-order valence-corrected chi connectivity index (χ3v) is 5.24. The van der Waals surface area contributed by atoms with Gasteiger partial charge in [-0.15, -0.1) is 0 Å². The summed E-state index contributed by atoms with van der Waals surface area (Å²) in [5.74, 6) is -0.961. The van der Waals surface area contributed by atoms with E-state index in [-0.39, 0.29) is 12.0 Å². The zero-order valence-electron chi connectivity index (χ0n) is 11.7. The monoisotopic (exact) mass is 312 g/mol. The molecule has 0 bridgehead atoms. The summed E-state index contributed by atoms with van der Waals surface area (Å²) in [6, 6.07) is 6.45. The van der Waals surface area contributed by atoms with Crippen molar-refractivity contribution < 1.29 is 27.4 Å². The zero-order chi connectivity index (χ0) is 15.5. The minimum atomic E-state index is -3.96. The molecular weight excluding hydrogens is 296 g/mol. The summed E-state index contributed by atoms with van der Waals surface area (Å²) in [6.07, 6.45) is 2.84. The van der Waals surface area contributed by atoms with Gasteiger partial charge in [-0.3, -0.25) is 4.79 Å². The second kappa shape index (κ2) is 5.87. The number of carbonyl (C=O) groups excluding carboxylic acids is 1. The van der Waals surface area contributed by atoms with E-state index >= 15 is 0 Å². The number of para-hydroxylation sites is 1. The van der Waals surface area contributed by atoms with Gasteiger partial charge in [0.25, 0.3) is 0 Å². The lowest BCUT2D eigenvalue weighted by Crippen LogP contribution is -2.43. The number of methoxy groups -OCH3 is 2. The molecule has 0 aliphatic carbocycles. The lowest BCUT2D eigenvalue weighted by molar-refractivity contribution is -0.106. The highest BCUT2D eigenvalue weighted by Gasteiger charge is 2.48. The summed E-state index contributed by atoms with van der Waals surface area (Å²) in [5, 5.41) is -1.81. The molecule has 0 aromatic heterocycles. The Morgan fingerprint density at radius 3 is 2.62 bits per heavy atom. The van der Waals surface area contributed by atoms with E-state index in [1.807, 2.05) is 0 Å². The van der Waals surface area contributed by atoms with Crippen molar-refractivity contribution in [3.63, 3.8) is 0 Å². The molecule has 0 N–H and O–H groups in total. The third kappa shape index (κ3) is 2.79. The number of sulfone groups is 1. The summed E-state index contributed by atoms with van der Waals surface area (Å²) in [4.78, 5) is 12.3. The first-order chi connectivity index (χ1) is 9.96. The first-order valence-corrected chi connectivity index (χ1v) is 7.87. The van der Waals surface area contributed by atoms with E-state index < -0.39 is 26.5 Å². The number of benzene rings is 1. The Hall–Kier alpha value is -1.86. The first-order valence-electron chi connectivity index (χ1n) is 6.22. The van der Waals surface area contributed by atoms with Crippen molar-refractivity contribution in [2.45, 2.75) is 11.5 Å². The topological polar surface area (TPSA) is 78.9 Å². The predicted octanol–water partition coefficient (Wildman–Crippen LogP) is 1.53. The van der Waals surface area contributed by atoms with Gasteiger partial charge in [-0.2, -0.15) is 0 Å². The summed E-state index contributed by atoms with van der Waals surface area (Å²) >= 11 is 0. The Morgan fingerprint density at radius 2 is 2.05 bits per heavy atom. The van der Waals surface area contributed by atoms with E-state index in [1.165, 1.54) is 32.6 Å². The molecule has 1 heterocycles. The Labute approximate surface area is 123 Å². The molecule has 0 amide bonds. The summed E-state index contributed by atoms with van der Waals surface area (Å²) in [7, 11) is -1.30. The Kier molecular flexibility index (Phi) is 4.34. The summed E-state index contributed by atoms with van der Waals surface area (Å²) in [5.41, 5.74) is 0.209. The lowest BCUT2D eigenvalue weighted by Gasteiger charge is -2.26. The molecule has 21 heavy (non-hydrogen) atoms. The fourth-order valence-corrected chi connectivity index (χ4v) is 3.61. The summed E-state index contributed by atoms with van der Waals surface area (Å²) < 4.78 is 40.0. The average molecular weight is 312 g/mol. The van der Waals surface area contributed by atoms with Gasteiger partial charge in [0, 0.05) is 7.11 Å². The Morgan fingerprint density at radius 1 is 1.33 bits per heavy atom. The Bertz CT molecular complexity index is 654. The van der Waals surface area contributed by atoms with Gasteiger partial charge < -0.3 is 14.2 Å². The minimum Gasteiger partial charge on any atom is -0.496 e. The van der Waals surface area contributed by atoms with E-state index in [1.54, 1.807) is 18.2 Å². The first kappa shape index (κ1) is 15.5. The number of Topliss-reactive ketones (excluding diaryl/α,β-unsaturated/α-hetero) is 1. The molecular formula is C14H16O6S. The normalized spacial score (nSPS) is 21.0. The number of hydrogen-bond donors (Lipinski definition) is 0. The van der Waals surface area contributed by atoms with Crippen molar-refractivity contribution in [1.82, 2.24) is 0 Å². The second-order valence-electron chi connectivity index (χ2n) is 4.46. The van der Waals surface area contributed by atoms with Gasteiger partial charge >= 0.3 is 5.12 Å². The maximum absolute atomic E-state index is 12.4. The van der Waals surface area contributed by atoms with Gasteiger partial charge in [0.05, 0.1) is 25.4 Å². The molecule has 2 rings (SSSR count). The van der Waals surface area contributed by atoms with Gasteiger partial charge in [0.2, 0.25) is 9.84 Å². The Balaban J connectivity index is 2.26. The number of ether oxygens (including phenoxy) is 3. The quantitative estimate of drug-likeness (QED) is 0.741. The number of rotatable bonds is 6. The van der Waals surface area contributed by atoms with Crippen LogP contribution in [-0.2, 0) is 19.3 Å². The zero-order valence-corrected chi connectivity index (χ0v) is 12.6. The molecule has 1 atom stereocenters. The third-order valence-electron chi connectivity index (χ3n) is 3.23. The van der Waals surface area contributed by atoms with Crippen molar-refractivity contribution in [1.29, 1.82) is 0 Å². The van der Waals surface area contributed by atoms with Crippen LogP contribution in [0.15, 0.2) is 36.6 Å². The number of hydrogen-bond acceptors (Lipinski definition) is 6. The smallest absolute Gasteiger partial charge is 0.317 e. The van der Waals surface area contributed by atoms with Crippen LogP contribution >= 0.6 is 0 Å². The number of ketones is 1.